The minimum Gasteiger partial charge on any atom is -0.351 e. The van der Waals surface area contributed by atoms with Crippen LogP contribution in [0, 0.1) is 0 Å². The van der Waals surface area contributed by atoms with E-state index in [4.69, 9.17) is 5.73 Å². The molecule has 6 nitrogen and oxygen atoms in total. The molecule has 0 saturated carbocycles. The third kappa shape index (κ3) is 4.75. The number of nitrogens with two attached hydrogens (primary N) is 1. The van der Waals surface area contributed by atoms with Gasteiger partial charge in [0.2, 0.25) is 0 Å². The van der Waals surface area contributed by atoms with Crippen LogP contribution in [0.5, 0.6) is 0 Å². The van der Waals surface area contributed by atoms with E-state index in [0.717, 1.165) is 47.2 Å². The minimum atomic E-state index is -0.358. The van der Waals surface area contributed by atoms with Crippen molar-refractivity contribution >= 4 is 17.2 Å². The number of nitrogens with zero attached hydrogens (tertiary/aromatic N) is 3. The zero-order valence-corrected chi connectivity index (χ0v) is 17.8. The van der Waals surface area contributed by atoms with Gasteiger partial charge >= 0.3 is 6.03 Å². The van der Waals surface area contributed by atoms with Gasteiger partial charge in [0.1, 0.15) is 5.52 Å². The summed E-state index contributed by atoms with van der Waals surface area (Å²) in [4.78, 5) is 25.8. The average molecular weight is 394 g/mol. The van der Waals surface area contributed by atoms with Crippen LogP contribution >= 0.6 is 0 Å². The number of urea groups is 1. The first-order valence-electron chi connectivity index (χ1n) is 10.3. The summed E-state index contributed by atoms with van der Waals surface area (Å²) in [6.07, 6.45) is 5.93. The average Bonchev–Trinajstić information content (AvgIpc) is 3.05. The van der Waals surface area contributed by atoms with E-state index in [1.54, 1.807) is 17.3 Å². The predicted octanol–water partition coefficient (Wildman–Crippen LogP) is 4.65. The number of benzene rings is 1. The van der Waals surface area contributed by atoms with Crippen LogP contribution in [0.3, 0.4) is 0 Å². The van der Waals surface area contributed by atoms with Gasteiger partial charge in [-0.1, -0.05) is 52.0 Å². The number of primary amides is 1. The lowest BCUT2D eigenvalue weighted by molar-refractivity contribution is 0.207. The molecule has 0 aliphatic heterocycles. The zero-order valence-electron chi connectivity index (χ0n) is 17.8. The second-order valence-corrected chi connectivity index (χ2v) is 8.49. The summed E-state index contributed by atoms with van der Waals surface area (Å²) in [5.74, 6) is 0. The second kappa shape index (κ2) is 8.64. The third-order valence-corrected chi connectivity index (χ3v) is 5.23. The first-order valence-corrected chi connectivity index (χ1v) is 10.3. The molecule has 2 aromatic heterocycles. The molecule has 6 heteroatoms. The molecular formula is C23H31N5O. The van der Waals surface area contributed by atoms with Gasteiger partial charge in [-0.3, -0.25) is 4.98 Å². The van der Waals surface area contributed by atoms with Gasteiger partial charge in [-0.05, 0) is 35.8 Å². The van der Waals surface area contributed by atoms with Gasteiger partial charge in [0.15, 0.2) is 5.65 Å². The van der Waals surface area contributed by atoms with Crippen molar-refractivity contribution in [2.45, 2.75) is 52.4 Å². The van der Waals surface area contributed by atoms with Crippen LogP contribution in [0.2, 0.25) is 0 Å². The SMILES string of the molecule is CCCN(CCCc1c(-c2ccc(C(C)(C)C)cc2)[nH]c2nccnc12)C(N)=O. The molecule has 0 radical (unpaired) electrons. The Hall–Kier alpha value is -2.89. The molecule has 0 spiro atoms. The van der Waals surface area contributed by atoms with E-state index >= 15 is 0 Å². The lowest BCUT2D eigenvalue weighted by Crippen LogP contribution is -2.37. The van der Waals surface area contributed by atoms with Crippen LogP contribution in [0.1, 0.15) is 51.7 Å². The highest BCUT2D eigenvalue weighted by Crippen LogP contribution is 2.31. The van der Waals surface area contributed by atoms with E-state index in [1.165, 1.54) is 5.56 Å². The summed E-state index contributed by atoms with van der Waals surface area (Å²) in [5, 5.41) is 0. The molecule has 154 valence electrons. The lowest BCUT2D eigenvalue weighted by Gasteiger charge is -2.20. The maximum atomic E-state index is 11.6. The molecule has 0 unspecified atom stereocenters. The van der Waals surface area contributed by atoms with Gasteiger partial charge in [-0.25, -0.2) is 9.78 Å². The summed E-state index contributed by atoms with van der Waals surface area (Å²) < 4.78 is 0. The Labute approximate surface area is 172 Å². The number of rotatable bonds is 7. The Morgan fingerprint density at radius 2 is 1.79 bits per heavy atom. The Morgan fingerprint density at radius 3 is 2.41 bits per heavy atom. The topological polar surface area (TPSA) is 87.9 Å². The molecule has 3 rings (SSSR count). The van der Waals surface area contributed by atoms with Crippen molar-refractivity contribution in [2.75, 3.05) is 13.1 Å². The van der Waals surface area contributed by atoms with Crippen molar-refractivity contribution in [3.63, 3.8) is 0 Å². The first-order chi connectivity index (χ1) is 13.8. The lowest BCUT2D eigenvalue weighted by atomic mass is 9.86. The van der Waals surface area contributed by atoms with Gasteiger partial charge in [0, 0.05) is 31.0 Å². The maximum Gasteiger partial charge on any atom is 0.314 e. The van der Waals surface area contributed by atoms with Crippen LogP contribution in [-0.2, 0) is 11.8 Å². The fourth-order valence-electron chi connectivity index (χ4n) is 3.64. The largest absolute Gasteiger partial charge is 0.351 e. The van der Waals surface area contributed by atoms with E-state index < -0.39 is 0 Å². The maximum absolute atomic E-state index is 11.6. The predicted molar refractivity (Wildman–Crippen MR) is 118 cm³/mol. The van der Waals surface area contributed by atoms with Gasteiger partial charge in [-0.15, -0.1) is 0 Å². The second-order valence-electron chi connectivity index (χ2n) is 8.49. The van der Waals surface area contributed by atoms with E-state index in [9.17, 15) is 4.79 Å². The van der Waals surface area contributed by atoms with E-state index in [0.29, 0.717) is 13.1 Å². The number of aromatic nitrogens is 3. The molecule has 0 bridgehead atoms. The fraction of sp³-hybridized carbons (Fsp3) is 0.435. The van der Waals surface area contributed by atoms with Crippen molar-refractivity contribution in [2.24, 2.45) is 5.73 Å². The first kappa shape index (κ1) is 20.8. The Bertz CT molecular complexity index is 969. The van der Waals surface area contributed by atoms with Crippen molar-refractivity contribution in [3.05, 3.63) is 47.8 Å². The number of amides is 2. The van der Waals surface area contributed by atoms with Crippen molar-refractivity contribution in [1.82, 2.24) is 19.9 Å². The minimum absolute atomic E-state index is 0.114. The molecule has 2 heterocycles. The number of fused-ring (bicyclic) bond motifs is 1. The normalized spacial score (nSPS) is 11.7. The molecule has 0 atom stereocenters. The number of aryl methyl sites for hydroxylation is 1. The standard InChI is InChI=1S/C23H31N5O/c1-5-14-28(22(24)29)15-6-7-18-19(27-21-20(18)25-12-13-26-21)16-8-10-17(11-9-16)23(2,3)4/h8-13H,5-7,14-15H2,1-4H3,(H2,24,29)(H,26,27). The van der Waals surface area contributed by atoms with Crippen LogP contribution in [0.15, 0.2) is 36.7 Å². The van der Waals surface area contributed by atoms with Crippen LogP contribution in [0.4, 0.5) is 4.79 Å². The highest BCUT2D eigenvalue weighted by atomic mass is 16.2. The summed E-state index contributed by atoms with van der Waals surface area (Å²) in [6, 6.07) is 8.32. The van der Waals surface area contributed by atoms with Crippen molar-refractivity contribution < 1.29 is 4.79 Å². The number of hydrogen-bond acceptors (Lipinski definition) is 3. The molecule has 0 aliphatic rings. The van der Waals surface area contributed by atoms with Crippen molar-refractivity contribution in [3.8, 4) is 11.3 Å². The Morgan fingerprint density at radius 1 is 1.10 bits per heavy atom. The molecule has 29 heavy (non-hydrogen) atoms. The van der Waals surface area contributed by atoms with Crippen LogP contribution in [-0.4, -0.2) is 39.0 Å². The monoisotopic (exact) mass is 393 g/mol. The summed E-state index contributed by atoms with van der Waals surface area (Å²) in [6.45, 7) is 10.0. The molecule has 0 fully saturated rings. The Balaban J connectivity index is 1.89. The van der Waals surface area contributed by atoms with Gasteiger partial charge in [0.05, 0.1) is 5.69 Å². The third-order valence-electron chi connectivity index (χ3n) is 5.23. The molecule has 1 aromatic carbocycles. The fourth-order valence-corrected chi connectivity index (χ4v) is 3.64. The number of carbonyl (C=O) groups excluding carboxylic acids is 1. The number of hydrogen-bond donors (Lipinski definition) is 2. The smallest absolute Gasteiger partial charge is 0.314 e. The molecular weight excluding hydrogens is 362 g/mol. The summed E-state index contributed by atoms with van der Waals surface area (Å²) in [7, 11) is 0. The molecule has 0 saturated heterocycles. The summed E-state index contributed by atoms with van der Waals surface area (Å²) in [5.41, 5.74) is 11.9. The van der Waals surface area contributed by atoms with Crippen LogP contribution < -0.4 is 5.73 Å². The molecule has 0 aliphatic carbocycles. The van der Waals surface area contributed by atoms with Crippen LogP contribution in [0.25, 0.3) is 22.4 Å². The Kier molecular flexibility index (Phi) is 6.20. The quantitative estimate of drug-likeness (QED) is 0.612. The van der Waals surface area contributed by atoms with E-state index in [-0.39, 0.29) is 11.4 Å². The van der Waals surface area contributed by atoms with Gasteiger partial charge in [-0.2, -0.15) is 0 Å². The van der Waals surface area contributed by atoms with Gasteiger partial charge in [0.25, 0.3) is 0 Å². The highest BCUT2D eigenvalue weighted by molar-refractivity contribution is 5.85. The number of aromatic amines is 1. The number of carbonyl (C=O) groups is 1. The van der Waals surface area contributed by atoms with Crippen molar-refractivity contribution in [1.29, 1.82) is 0 Å². The van der Waals surface area contributed by atoms with E-state index in [2.05, 4.69) is 60.0 Å². The molecule has 3 N–H and O–H groups in total. The molecule has 3 aromatic rings. The highest BCUT2D eigenvalue weighted by Gasteiger charge is 2.18. The zero-order chi connectivity index (χ0) is 21.0. The van der Waals surface area contributed by atoms with E-state index in [1.807, 2.05) is 6.92 Å². The summed E-state index contributed by atoms with van der Waals surface area (Å²) >= 11 is 0. The number of nitrogens with one attached hydrogen (secondary N) is 1. The van der Waals surface area contributed by atoms with Gasteiger partial charge < -0.3 is 15.6 Å². The molecule has 2 amide bonds. The number of H-pyrrole nitrogens is 1.